The Bertz CT molecular complexity index is 1130. The van der Waals surface area contributed by atoms with Gasteiger partial charge in [0.2, 0.25) is 0 Å². The Hall–Kier alpha value is -0.940. The van der Waals surface area contributed by atoms with Crippen LogP contribution >= 0.6 is 22.4 Å². The highest BCUT2D eigenvalue weighted by atomic mass is 32.5. The molecular weight excluding hydrogens is 519 g/mol. The van der Waals surface area contributed by atoms with Crippen LogP contribution in [0.5, 0.6) is 0 Å². The van der Waals surface area contributed by atoms with E-state index in [2.05, 4.69) is 40.7 Å². The number of ether oxygens (including phenoxy) is 1. The second kappa shape index (κ2) is 9.37. The van der Waals surface area contributed by atoms with E-state index >= 15 is 0 Å². The van der Waals surface area contributed by atoms with E-state index in [4.69, 9.17) is 19.0 Å². The van der Waals surface area contributed by atoms with Crippen molar-refractivity contribution in [2.24, 2.45) is 0 Å². The van der Waals surface area contributed by atoms with Crippen LogP contribution in [0.2, 0.25) is 0 Å². The molecule has 3 heterocycles. The van der Waals surface area contributed by atoms with Crippen LogP contribution in [-0.4, -0.2) is 81.3 Å². The van der Waals surface area contributed by atoms with E-state index < -0.39 is 53.5 Å². The van der Waals surface area contributed by atoms with Gasteiger partial charge in [0.1, 0.15) is 30.2 Å². The molecular formula is C11H18N5O12P3S. The fourth-order valence-corrected chi connectivity index (χ4v) is 6.76. The number of hydrogen-bond donors (Lipinski definition) is 7. The maximum absolute atomic E-state index is 11.5. The minimum Gasteiger partial charge on any atom is -0.387 e. The average Bonchev–Trinajstić information content (AvgIpc) is 3.19. The zero-order valence-electron chi connectivity index (χ0n) is 15.8. The summed E-state index contributed by atoms with van der Waals surface area (Å²) in [6.45, 7) is -5.33. The summed E-state index contributed by atoms with van der Waals surface area (Å²) < 4.78 is 41.5. The summed E-state index contributed by atoms with van der Waals surface area (Å²) in [5, 5.41) is 23.5. The maximum atomic E-state index is 11.5. The lowest BCUT2D eigenvalue weighted by atomic mass is 10.1. The molecule has 0 aromatic carbocycles. The third-order valence-corrected chi connectivity index (χ3v) is 8.74. The Morgan fingerprint density at radius 3 is 2.47 bits per heavy atom. The first-order chi connectivity index (χ1) is 14.7. The quantitative estimate of drug-likeness (QED) is 0.188. The van der Waals surface area contributed by atoms with Crippen molar-refractivity contribution < 1.29 is 56.8 Å². The van der Waals surface area contributed by atoms with Crippen LogP contribution in [-0.2, 0) is 38.8 Å². The molecule has 32 heavy (non-hydrogen) atoms. The van der Waals surface area contributed by atoms with Crippen LogP contribution in [0.4, 0.5) is 5.82 Å². The number of nitrogens with one attached hydrogen (secondary N) is 1. The van der Waals surface area contributed by atoms with E-state index in [1.54, 1.807) is 7.05 Å². The van der Waals surface area contributed by atoms with E-state index in [0.717, 1.165) is 0 Å². The van der Waals surface area contributed by atoms with Gasteiger partial charge < -0.3 is 44.4 Å². The van der Waals surface area contributed by atoms with Crippen LogP contribution < -0.4 is 5.32 Å². The zero-order chi connectivity index (χ0) is 23.9. The van der Waals surface area contributed by atoms with Crippen LogP contribution in [0.15, 0.2) is 12.7 Å². The van der Waals surface area contributed by atoms with Crippen molar-refractivity contribution in [3.63, 3.8) is 0 Å². The van der Waals surface area contributed by atoms with Gasteiger partial charge in [0.05, 0.1) is 12.9 Å². The minimum absolute atomic E-state index is 0.272. The highest BCUT2D eigenvalue weighted by molar-refractivity contribution is 8.08. The summed E-state index contributed by atoms with van der Waals surface area (Å²) >= 11 is 4.50. The van der Waals surface area contributed by atoms with Gasteiger partial charge in [-0.05, 0) is 11.8 Å². The number of aliphatic hydroxyl groups is 2. The second-order valence-electron chi connectivity index (χ2n) is 6.23. The fourth-order valence-electron chi connectivity index (χ4n) is 2.79. The molecule has 180 valence electrons. The molecule has 3 rings (SSSR count). The molecule has 0 bridgehead atoms. The van der Waals surface area contributed by atoms with E-state index in [9.17, 15) is 29.1 Å². The number of nitrogens with zero attached hydrogens (tertiary/aromatic N) is 4. The Morgan fingerprint density at radius 1 is 1.16 bits per heavy atom. The van der Waals surface area contributed by atoms with Gasteiger partial charge in [-0.1, -0.05) is 0 Å². The summed E-state index contributed by atoms with van der Waals surface area (Å²) in [5.41, 5.74) is 0.636. The Morgan fingerprint density at radius 2 is 1.84 bits per heavy atom. The highest BCUT2D eigenvalue weighted by Crippen LogP contribution is 2.66. The minimum atomic E-state index is -5.49. The number of rotatable bonds is 9. The average molecular weight is 537 g/mol. The first kappa shape index (κ1) is 25.7. The van der Waals surface area contributed by atoms with E-state index in [0.29, 0.717) is 11.3 Å². The third kappa shape index (κ3) is 5.94. The van der Waals surface area contributed by atoms with Gasteiger partial charge in [-0.15, -0.1) is 0 Å². The summed E-state index contributed by atoms with van der Waals surface area (Å²) in [6, 6.07) is 0. The molecule has 17 nitrogen and oxygen atoms in total. The number of aliphatic hydroxyl groups excluding tert-OH is 2. The molecule has 1 aliphatic heterocycles. The largest absolute Gasteiger partial charge is 0.488 e. The number of imidazole rings is 1. The molecule has 0 aliphatic carbocycles. The summed E-state index contributed by atoms with van der Waals surface area (Å²) in [6.07, 6.45) is -3.03. The van der Waals surface area contributed by atoms with Gasteiger partial charge in [-0.2, -0.15) is 4.31 Å². The number of aromatic nitrogens is 4. The standard InChI is InChI=1S/C11H18N5O12P3S/c1-12-9-6-10(14-3-13-9)16(4-15-6)11-8(18)7(17)5(26-11)2-25-31(24,32)28-30(22,23)27-29(19,20)21/h3-5,7-8,11,17-18H,2H2,1H3,(H,22,23)(H,24,32)(H,12,13,14)(H2,19,20,21). The smallest absolute Gasteiger partial charge is 0.387 e. The SMILES string of the molecule is CNc1ncnc2c1ncn2C1OC(COP(O)(=S)OP(=O)(O)OP(=O)(O)O)C(O)C1O. The predicted octanol–water partition coefficient (Wildman–Crippen LogP) is -1.05. The molecule has 21 heteroatoms. The van der Waals surface area contributed by atoms with Gasteiger partial charge in [0, 0.05) is 7.05 Å². The van der Waals surface area contributed by atoms with Gasteiger partial charge in [-0.25, -0.2) is 28.4 Å². The van der Waals surface area contributed by atoms with Crippen molar-refractivity contribution >= 4 is 51.2 Å². The topological polar surface area (TPSA) is 248 Å². The normalized spacial score (nSPS) is 27.8. The van der Waals surface area contributed by atoms with Gasteiger partial charge in [-0.3, -0.25) is 4.57 Å². The molecule has 2 aromatic heterocycles. The lowest BCUT2D eigenvalue weighted by Crippen LogP contribution is -2.33. The first-order valence-electron chi connectivity index (χ1n) is 8.38. The maximum Gasteiger partial charge on any atom is 0.488 e. The molecule has 0 spiro atoms. The monoisotopic (exact) mass is 537 g/mol. The molecule has 0 radical (unpaired) electrons. The lowest BCUT2D eigenvalue weighted by Gasteiger charge is -2.21. The Kier molecular flexibility index (Phi) is 7.52. The number of hydrogen-bond acceptors (Lipinski definition) is 13. The van der Waals surface area contributed by atoms with Gasteiger partial charge >= 0.3 is 22.4 Å². The Balaban J connectivity index is 1.70. The Labute approximate surface area is 184 Å². The number of anilines is 1. The molecule has 6 unspecified atom stereocenters. The third-order valence-electron chi connectivity index (χ3n) is 4.02. The van der Waals surface area contributed by atoms with Crippen LogP contribution in [0.25, 0.3) is 11.2 Å². The molecule has 6 atom stereocenters. The van der Waals surface area contributed by atoms with Crippen molar-refractivity contribution in [3.8, 4) is 0 Å². The summed E-state index contributed by atoms with van der Waals surface area (Å²) in [5.74, 6) is 0.408. The summed E-state index contributed by atoms with van der Waals surface area (Å²) in [4.78, 5) is 48.5. The molecule has 0 amide bonds. The van der Waals surface area contributed by atoms with Crippen LogP contribution in [0.1, 0.15) is 6.23 Å². The molecule has 7 N–H and O–H groups in total. The molecule has 1 aliphatic rings. The van der Waals surface area contributed by atoms with Gasteiger partial charge in [0.25, 0.3) is 0 Å². The fraction of sp³-hybridized carbons (Fsp3) is 0.545. The molecule has 1 fully saturated rings. The van der Waals surface area contributed by atoms with Crippen molar-refractivity contribution in [2.45, 2.75) is 24.5 Å². The molecule has 0 saturated carbocycles. The number of fused-ring (bicyclic) bond motifs is 1. The van der Waals surface area contributed by atoms with Crippen LogP contribution in [0.3, 0.4) is 0 Å². The number of phosphoric acid groups is 2. The highest BCUT2D eigenvalue weighted by Gasteiger charge is 2.46. The molecule has 1 saturated heterocycles. The van der Waals surface area contributed by atoms with Gasteiger partial charge in [0.15, 0.2) is 17.7 Å². The second-order valence-corrected chi connectivity index (χ2v) is 12.0. The van der Waals surface area contributed by atoms with E-state index in [1.165, 1.54) is 17.2 Å². The van der Waals surface area contributed by atoms with Crippen LogP contribution in [0, 0.1) is 0 Å². The zero-order valence-corrected chi connectivity index (χ0v) is 19.3. The van der Waals surface area contributed by atoms with Crippen molar-refractivity contribution in [1.29, 1.82) is 0 Å². The summed E-state index contributed by atoms with van der Waals surface area (Å²) in [7, 11) is -9.32. The van der Waals surface area contributed by atoms with Crippen molar-refractivity contribution in [1.82, 2.24) is 19.5 Å². The van der Waals surface area contributed by atoms with E-state index in [-0.39, 0.29) is 5.65 Å². The van der Waals surface area contributed by atoms with Crippen molar-refractivity contribution in [3.05, 3.63) is 12.7 Å². The van der Waals surface area contributed by atoms with E-state index in [1.807, 2.05) is 0 Å². The first-order valence-corrected chi connectivity index (χ1v) is 14.0. The van der Waals surface area contributed by atoms with Crippen molar-refractivity contribution in [2.75, 3.05) is 19.0 Å². The molecule has 2 aromatic rings. The lowest BCUT2D eigenvalue weighted by molar-refractivity contribution is -0.0486. The predicted molar refractivity (Wildman–Crippen MR) is 107 cm³/mol.